The number of benzene rings is 1. The van der Waals surface area contributed by atoms with Crippen LogP contribution in [-0.2, 0) is 16.5 Å². The van der Waals surface area contributed by atoms with Crippen LogP contribution in [0.4, 0.5) is 0 Å². The first-order valence-corrected chi connectivity index (χ1v) is 11.2. The second-order valence-electron chi connectivity index (χ2n) is 8.39. The molecule has 0 aliphatic carbocycles. The van der Waals surface area contributed by atoms with E-state index in [-0.39, 0.29) is 11.8 Å². The molecule has 172 valence electrons. The molecule has 2 aromatic heterocycles. The lowest BCUT2D eigenvalue weighted by atomic mass is 10.0. The summed E-state index contributed by atoms with van der Waals surface area (Å²) in [4.78, 5) is 34.9. The van der Waals surface area contributed by atoms with Gasteiger partial charge >= 0.3 is 0 Å². The molecule has 1 atom stereocenters. The van der Waals surface area contributed by atoms with E-state index in [1.165, 1.54) is 0 Å². The Morgan fingerprint density at radius 3 is 2.48 bits per heavy atom. The molecular weight excluding hydrogens is 422 g/mol. The van der Waals surface area contributed by atoms with Crippen molar-refractivity contribution in [3.05, 3.63) is 59.0 Å². The van der Waals surface area contributed by atoms with Gasteiger partial charge in [-0.2, -0.15) is 5.10 Å². The fraction of sp³-hybridized carbons (Fsp3) is 0.417. The van der Waals surface area contributed by atoms with Crippen LogP contribution < -0.4 is 0 Å². The first-order chi connectivity index (χ1) is 16.0. The molecule has 0 radical (unpaired) electrons. The highest BCUT2D eigenvalue weighted by Crippen LogP contribution is 2.28. The summed E-state index contributed by atoms with van der Waals surface area (Å²) in [6.45, 7) is 5.36. The number of amides is 2. The summed E-state index contributed by atoms with van der Waals surface area (Å²) in [6.07, 6.45) is 1.19. The molecule has 3 aromatic rings. The average molecular weight is 450 g/mol. The Kier molecular flexibility index (Phi) is 5.82. The van der Waals surface area contributed by atoms with Gasteiger partial charge in [-0.3, -0.25) is 14.3 Å². The largest absolute Gasteiger partial charge is 0.378 e. The Morgan fingerprint density at radius 2 is 1.73 bits per heavy atom. The number of aromatic nitrogens is 3. The highest BCUT2D eigenvalue weighted by Gasteiger charge is 2.30. The molecule has 4 heterocycles. The molecule has 0 N–H and O–H groups in total. The number of rotatable bonds is 3. The van der Waals surface area contributed by atoms with Crippen molar-refractivity contribution >= 4 is 22.7 Å². The lowest BCUT2D eigenvalue weighted by Crippen LogP contribution is -2.43. The number of hydrogen-bond donors (Lipinski definition) is 0. The Bertz CT molecular complexity index is 1200. The zero-order valence-electron chi connectivity index (χ0n) is 18.9. The van der Waals surface area contributed by atoms with Crippen LogP contribution in [0.15, 0.2) is 36.5 Å². The Labute approximate surface area is 191 Å². The summed E-state index contributed by atoms with van der Waals surface area (Å²) in [5.74, 6) is -0.104. The van der Waals surface area contributed by atoms with Gasteiger partial charge in [0, 0.05) is 37.8 Å². The molecule has 1 unspecified atom stereocenters. The van der Waals surface area contributed by atoms with E-state index in [2.05, 4.69) is 5.10 Å². The molecule has 2 fully saturated rings. The molecule has 5 rings (SSSR count). The van der Waals surface area contributed by atoms with E-state index in [4.69, 9.17) is 14.5 Å². The molecule has 9 nitrogen and oxygen atoms in total. The van der Waals surface area contributed by atoms with E-state index in [0.29, 0.717) is 62.8 Å². The molecule has 2 aliphatic heterocycles. The van der Waals surface area contributed by atoms with Crippen LogP contribution >= 0.6 is 0 Å². The highest BCUT2D eigenvalue weighted by atomic mass is 16.5. The predicted octanol–water partition coefficient (Wildman–Crippen LogP) is 1.96. The number of ether oxygens (including phenoxy) is 2. The van der Waals surface area contributed by atoms with Crippen molar-refractivity contribution in [1.82, 2.24) is 24.6 Å². The SMILES string of the molecule is Cc1c(C(=O)N2CCOC(c3cc(C(=O)N4CCOCC4)c4ccccc4n3)C2)cnn1C. The number of hydrogen-bond acceptors (Lipinski definition) is 6. The first-order valence-electron chi connectivity index (χ1n) is 11.2. The zero-order valence-corrected chi connectivity index (χ0v) is 18.9. The fourth-order valence-corrected chi connectivity index (χ4v) is 4.37. The summed E-state index contributed by atoms with van der Waals surface area (Å²) in [6, 6.07) is 9.47. The van der Waals surface area contributed by atoms with E-state index in [1.54, 1.807) is 15.8 Å². The topological polar surface area (TPSA) is 89.8 Å². The van der Waals surface area contributed by atoms with Gasteiger partial charge in [0.15, 0.2) is 0 Å². The van der Waals surface area contributed by atoms with Crippen molar-refractivity contribution in [3.63, 3.8) is 0 Å². The Balaban J connectivity index is 1.46. The minimum absolute atomic E-state index is 0.0344. The molecule has 0 spiro atoms. The van der Waals surface area contributed by atoms with Crippen molar-refractivity contribution in [2.24, 2.45) is 7.05 Å². The number of nitrogens with zero attached hydrogens (tertiary/aromatic N) is 5. The van der Waals surface area contributed by atoms with Gasteiger partial charge in [-0.1, -0.05) is 18.2 Å². The first kappa shape index (κ1) is 21.5. The molecule has 33 heavy (non-hydrogen) atoms. The van der Waals surface area contributed by atoms with Gasteiger partial charge in [0.1, 0.15) is 6.10 Å². The summed E-state index contributed by atoms with van der Waals surface area (Å²) in [5.41, 5.74) is 3.42. The van der Waals surface area contributed by atoms with Crippen LogP contribution in [0.1, 0.15) is 38.2 Å². The molecule has 9 heteroatoms. The number of para-hydroxylation sites is 1. The summed E-state index contributed by atoms with van der Waals surface area (Å²) < 4.78 is 13.1. The van der Waals surface area contributed by atoms with E-state index in [1.807, 2.05) is 49.2 Å². The van der Waals surface area contributed by atoms with Gasteiger partial charge in [-0.25, -0.2) is 4.98 Å². The maximum Gasteiger partial charge on any atom is 0.257 e. The van der Waals surface area contributed by atoms with Crippen molar-refractivity contribution < 1.29 is 19.1 Å². The fourth-order valence-electron chi connectivity index (χ4n) is 4.37. The van der Waals surface area contributed by atoms with Crippen LogP contribution in [0.5, 0.6) is 0 Å². The van der Waals surface area contributed by atoms with E-state index in [0.717, 1.165) is 16.6 Å². The minimum Gasteiger partial charge on any atom is -0.378 e. The number of carbonyl (C=O) groups is 2. The van der Waals surface area contributed by atoms with Gasteiger partial charge in [-0.15, -0.1) is 0 Å². The molecule has 0 saturated carbocycles. The molecule has 0 bridgehead atoms. The molecule has 2 aliphatic rings. The summed E-state index contributed by atoms with van der Waals surface area (Å²) >= 11 is 0. The monoisotopic (exact) mass is 449 g/mol. The zero-order chi connectivity index (χ0) is 22.9. The van der Waals surface area contributed by atoms with Gasteiger partial charge in [0.25, 0.3) is 11.8 Å². The van der Waals surface area contributed by atoms with Crippen LogP contribution in [0.25, 0.3) is 10.9 Å². The third-order valence-corrected chi connectivity index (χ3v) is 6.41. The third-order valence-electron chi connectivity index (χ3n) is 6.41. The van der Waals surface area contributed by atoms with Crippen LogP contribution in [-0.4, -0.2) is 82.4 Å². The van der Waals surface area contributed by atoms with Crippen LogP contribution in [0.3, 0.4) is 0 Å². The van der Waals surface area contributed by atoms with Crippen molar-refractivity contribution in [2.45, 2.75) is 13.0 Å². The van der Waals surface area contributed by atoms with Crippen molar-refractivity contribution in [1.29, 1.82) is 0 Å². The van der Waals surface area contributed by atoms with Gasteiger partial charge in [-0.05, 0) is 19.1 Å². The van der Waals surface area contributed by atoms with Gasteiger partial charge < -0.3 is 19.3 Å². The van der Waals surface area contributed by atoms with Crippen LogP contribution in [0.2, 0.25) is 0 Å². The van der Waals surface area contributed by atoms with Gasteiger partial charge in [0.05, 0.1) is 54.9 Å². The summed E-state index contributed by atoms with van der Waals surface area (Å²) in [7, 11) is 1.82. The van der Waals surface area contributed by atoms with Crippen molar-refractivity contribution in [3.8, 4) is 0 Å². The average Bonchev–Trinajstić information content (AvgIpc) is 3.21. The van der Waals surface area contributed by atoms with E-state index in [9.17, 15) is 9.59 Å². The number of fused-ring (bicyclic) bond motifs is 1. The predicted molar refractivity (Wildman–Crippen MR) is 121 cm³/mol. The second kappa shape index (κ2) is 8.92. The number of pyridine rings is 1. The molecule has 1 aromatic carbocycles. The third kappa shape index (κ3) is 4.09. The standard InChI is InChI=1S/C24H27N5O4/c1-16-19(14-25-27(16)2)24(31)29-9-12-33-22(15-29)21-13-18(17-5-3-4-6-20(17)26-21)23(30)28-7-10-32-11-8-28/h3-6,13-14,22H,7-12,15H2,1-2H3. The van der Waals surface area contributed by atoms with E-state index < -0.39 is 6.10 Å². The quantitative estimate of drug-likeness (QED) is 0.607. The Morgan fingerprint density at radius 1 is 1.00 bits per heavy atom. The van der Waals surface area contributed by atoms with Crippen molar-refractivity contribution in [2.75, 3.05) is 46.0 Å². The second-order valence-corrected chi connectivity index (χ2v) is 8.39. The lowest BCUT2D eigenvalue weighted by molar-refractivity contribution is -0.0246. The molecular formula is C24H27N5O4. The van der Waals surface area contributed by atoms with E-state index >= 15 is 0 Å². The number of carbonyl (C=O) groups excluding carboxylic acids is 2. The molecule has 2 amide bonds. The number of morpholine rings is 2. The maximum absolute atomic E-state index is 13.4. The maximum atomic E-state index is 13.4. The minimum atomic E-state index is -0.416. The smallest absolute Gasteiger partial charge is 0.257 e. The Hall–Kier alpha value is -3.30. The number of aryl methyl sites for hydroxylation is 1. The summed E-state index contributed by atoms with van der Waals surface area (Å²) in [5, 5.41) is 5.01. The van der Waals surface area contributed by atoms with Crippen LogP contribution in [0, 0.1) is 6.92 Å². The van der Waals surface area contributed by atoms with Gasteiger partial charge in [0.2, 0.25) is 0 Å². The lowest BCUT2D eigenvalue weighted by Gasteiger charge is -2.33. The molecule has 2 saturated heterocycles. The highest BCUT2D eigenvalue weighted by molar-refractivity contribution is 6.06. The normalized spacial score (nSPS) is 19.2.